The molecule has 0 saturated carbocycles. The lowest BCUT2D eigenvalue weighted by Gasteiger charge is -2.09. The molecule has 0 aliphatic heterocycles. The molecule has 18 heavy (non-hydrogen) atoms. The first-order chi connectivity index (χ1) is 8.58. The summed E-state index contributed by atoms with van der Waals surface area (Å²) in [6.45, 7) is 5.81. The fourth-order valence-corrected chi connectivity index (χ4v) is 2.16. The second kappa shape index (κ2) is 5.30. The summed E-state index contributed by atoms with van der Waals surface area (Å²) < 4.78 is 4.94. The molecular weight excluding hydrogens is 250 g/mol. The van der Waals surface area contributed by atoms with Gasteiger partial charge in [-0.25, -0.2) is 0 Å². The van der Waals surface area contributed by atoms with Gasteiger partial charge in [0.25, 0.3) is 0 Å². The van der Waals surface area contributed by atoms with Gasteiger partial charge in [0.1, 0.15) is 0 Å². The van der Waals surface area contributed by atoms with Crippen molar-refractivity contribution in [2.75, 3.05) is 0 Å². The van der Waals surface area contributed by atoms with Gasteiger partial charge in [-0.05, 0) is 18.4 Å². The second-order valence-corrected chi connectivity index (χ2v) is 5.30. The van der Waals surface area contributed by atoms with Gasteiger partial charge < -0.3 is 9.84 Å². The quantitative estimate of drug-likeness (QED) is 0.923. The third-order valence-electron chi connectivity index (χ3n) is 2.47. The van der Waals surface area contributed by atoms with Gasteiger partial charge in [0.15, 0.2) is 5.82 Å². The predicted octanol–water partition coefficient (Wildman–Crippen LogP) is 2.75. The molecule has 0 saturated heterocycles. The second-order valence-electron chi connectivity index (χ2n) is 4.32. The number of thiophene rings is 1. The standard InChI is InChI=1S/C12H15N3O2S/c1-7(2)10-14-12(17-15-10)11(16)13-8(3)9-5-4-6-18-9/h4-8H,1-3H3,(H,13,16). The lowest BCUT2D eigenvalue weighted by molar-refractivity contribution is 0.0896. The minimum Gasteiger partial charge on any atom is -0.340 e. The summed E-state index contributed by atoms with van der Waals surface area (Å²) in [5.41, 5.74) is 0. The van der Waals surface area contributed by atoms with E-state index in [0.717, 1.165) is 4.88 Å². The van der Waals surface area contributed by atoms with Gasteiger partial charge >= 0.3 is 11.8 Å². The Labute approximate surface area is 109 Å². The summed E-state index contributed by atoms with van der Waals surface area (Å²) in [5.74, 6) is 0.367. The molecule has 0 aliphatic rings. The smallest absolute Gasteiger partial charge is 0.315 e. The number of rotatable bonds is 4. The molecule has 2 aromatic heterocycles. The number of nitrogens with zero attached hydrogens (tertiary/aromatic N) is 2. The van der Waals surface area contributed by atoms with E-state index in [1.165, 1.54) is 0 Å². The van der Waals surface area contributed by atoms with Crippen molar-refractivity contribution in [2.24, 2.45) is 0 Å². The van der Waals surface area contributed by atoms with Crippen molar-refractivity contribution in [3.8, 4) is 0 Å². The van der Waals surface area contributed by atoms with E-state index in [9.17, 15) is 4.79 Å². The number of hydrogen-bond acceptors (Lipinski definition) is 5. The van der Waals surface area contributed by atoms with E-state index >= 15 is 0 Å². The van der Waals surface area contributed by atoms with Crippen LogP contribution >= 0.6 is 11.3 Å². The molecular formula is C12H15N3O2S. The molecule has 0 bridgehead atoms. The first-order valence-corrected chi connectivity index (χ1v) is 6.63. The van der Waals surface area contributed by atoms with Gasteiger partial charge in [-0.2, -0.15) is 4.98 Å². The monoisotopic (exact) mass is 265 g/mol. The fraction of sp³-hybridized carbons (Fsp3) is 0.417. The Morgan fingerprint density at radius 2 is 2.22 bits per heavy atom. The third-order valence-corrected chi connectivity index (χ3v) is 3.52. The largest absolute Gasteiger partial charge is 0.340 e. The molecule has 2 aromatic rings. The molecule has 0 aliphatic carbocycles. The van der Waals surface area contributed by atoms with E-state index in [2.05, 4.69) is 15.5 Å². The number of nitrogens with one attached hydrogen (secondary N) is 1. The molecule has 2 rings (SSSR count). The summed E-state index contributed by atoms with van der Waals surface area (Å²) in [6, 6.07) is 3.86. The van der Waals surface area contributed by atoms with Gasteiger partial charge in [-0.15, -0.1) is 11.3 Å². The van der Waals surface area contributed by atoms with Crippen LogP contribution in [-0.2, 0) is 0 Å². The maximum atomic E-state index is 11.9. The Hall–Kier alpha value is -1.69. The van der Waals surface area contributed by atoms with E-state index in [-0.39, 0.29) is 23.8 Å². The average molecular weight is 265 g/mol. The first kappa shape index (κ1) is 12.8. The van der Waals surface area contributed by atoms with Crippen molar-refractivity contribution in [1.29, 1.82) is 0 Å². The lowest BCUT2D eigenvalue weighted by Crippen LogP contribution is -2.26. The van der Waals surface area contributed by atoms with Crippen molar-refractivity contribution in [3.63, 3.8) is 0 Å². The van der Waals surface area contributed by atoms with Crippen molar-refractivity contribution in [1.82, 2.24) is 15.5 Å². The fourth-order valence-electron chi connectivity index (χ4n) is 1.43. The molecule has 2 heterocycles. The van der Waals surface area contributed by atoms with E-state index < -0.39 is 0 Å². The van der Waals surface area contributed by atoms with Crippen LogP contribution in [-0.4, -0.2) is 16.0 Å². The Balaban J connectivity index is 2.03. The molecule has 96 valence electrons. The molecule has 0 radical (unpaired) electrons. The van der Waals surface area contributed by atoms with Crippen LogP contribution in [0, 0.1) is 0 Å². The minimum atomic E-state index is -0.338. The predicted molar refractivity (Wildman–Crippen MR) is 68.6 cm³/mol. The van der Waals surface area contributed by atoms with E-state index in [0.29, 0.717) is 5.82 Å². The topological polar surface area (TPSA) is 68.0 Å². The van der Waals surface area contributed by atoms with E-state index in [1.54, 1.807) is 11.3 Å². The van der Waals surface area contributed by atoms with E-state index in [4.69, 9.17) is 4.52 Å². The Kier molecular flexibility index (Phi) is 3.76. The number of aromatic nitrogens is 2. The molecule has 1 atom stereocenters. The third kappa shape index (κ3) is 2.76. The Bertz CT molecular complexity index is 519. The maximum absolute atomic E-state index is 11.9. The highest BCUT2D eigenvalue weighted by molar-refractivity contribution is 7.10. The average Bonchev–Trinajstić information content (AvgIpc) is 3.00. The first-order valence-electron chi connectivity index (χ1n) is 5.75. The zero-order valence-electron chi connectivity index (χ0n) is 10.5. The minimum absolute atomic E-state index is 0.0158. The summed E-state index contributed by atoms with van der Waals surface area (Å²) >= 11 is 1.60. The van der Waals surface area contributed by atoms with Crippen LogP contribution in [0.25, 0.3) is 0 Å². The van der Waals surface area contributed by atoms with Gasteiger partial charge in [0.05, 0.1) is 6.04 Å². The molecule has 0 fully saturated rings. The zero-order chi connectivity index (χ0) is 13.1. The van der Waals surface area contributed by atoms with Crippen molar-refractivity contribution in [2.45, 2.75) is 32.7 Å². The molecule has 0 aromatic carbocycles. The van der Waals surface area contributed by atoms with Crippen LogP contribution in [0.2, 0.25) is 0 Å². The Morgan fingerprint density at radius 1 is 1.44 bits per heavy atom. The highest BCUT2D eigenvalue weighted by atomic mass is 32.1. The van der Waals surface area contributed by atoms with Crippen LogP contribution < -0.4 is 5.32 Å². The number of amides is 1. The number of carbonyl (C=O) groups excluding carboxylic acids is 1. The van der Waals surface area contributed by atoms with Gasteiger partial charge in [0.2, 0.25) is 0 Å². The zero-order valence-corrected chi connectivity index (χ0v) is 11.3. The van der Waals surface area contributed by atoms with Crippen molar-refractivity contribution < 1.29 is 9.32 Å². The SMILES string of the molecule is CC(C)c1noc(C(=O)NC(C)c2cccs2)n1. The summed E-state index contributed by atoms with van der Waals surface area (Å²) in [7, 11) is 0. The molecule has 6 heteroatoms. The molecule has 1 N–H and O–H groups in total. The van der Waals surface area contributed by atoms with Crippen LogP contribution in [0.3, 0.4) is 0 Å². The molecule has 0 spiro atoms. The van der Waals surface area contributed by atoms with Crippen molar-refractivity contribution >= 4 is 17.2 Å². The van der Waals surface area contributed by atoms with Crippen molar-refractivity contribution in [3.05, 3.63) is 34.1 Å². The molecule has 1 unspecified atom stereocenters. The van der Waals surface area contributed by atoms with Crippen LogP contribution in [0.4, 0.5) is 0 Å². The van der Waals surface area contributed by atoms with Gasteiger partial charge in [-0.1, -0.05) is 25.1 Å². The summed E-state index contributed by atoms with van der Waals surface area (Å²) in [5, 5.41) is 8.56. The number of carbonyl (C=O) groups is 1. The number of hydrogen-bond donors (Lipinski definition) is 1. The Morgan fingerprint density at radius 3 is 2.78 bits per heavy atom. The molecule has 5 nitrogen and oxygen atoms in total. The summed E-state index contributed by atoms with van der Waals surface area (Å²) in [4.78, 5) is 17.0. The van der Waals surface area contributed by atoms with Crippen LogP contribution in [0.15, 0.2) is 22.0 Å². The normalized spacial score (nSPS) is 12.7. The maximum Gasteiger partial charge on any atom is 0.315 e. The van der Waals surface area contributed by atoms with Gasteiger partial charge in [0, 0.05) is 10.8 Å². The van der Waals surface area contributed by atoms with Crippen LogP contribution in [0.5, 0.6) is 0 Å². The summed E-state index contributed by atoms with van der Waals surface area (Å²) in [6.07, 6.45) is 0. The highest BCUT2D eigenvalue weighted by Gasteiger charge is 2.19. The van der Waals surface area contributed by atoms with Crippen LogP contribution in [0.1, 0.15) is 54.1 Å². The van der Waals surface area contributed by atoms with E-state index in [1.807, 2.05) is 38.3 Å². The lowest BCUT2D eigenvalue weighted by atomic mass is 10.2. The van der Waals surface area contributed by atoms with Gasteiger partial charge in [-0.3, -0.25) is 4.79 Å². The molecule has 1 amide bonds. The highest BCUT2D eigenvalue weighted by Crippen LogP contribution is 2.18.